The summed E-state index contributed by atoms with van der Waals surface area (Å²) >= 11 is 0. The van der Waals surface area contributed by atoms with Gasteiger partial charge in [-0.05, 0) is 42.3 Å². The number of carbonyl (C=O) groups is 1. The minimum Gasteiger partial charge on any atom is -0.495 e. The first-order chi connectivity index (χ1) is 14.6. The molecule has 0 aliphatic heterocycles. The van der Waals surface area contributed by atoms with E-state index in [2.05, 4.69) is 15.6 Å². The molecule has 4 rings (SSSR count). The number of pyridine rings is 1. The smallest absolute Gasteiger partial charge is 0.246 e. The fourth-order valence-corrected chi connectivity index (χ4v) is 3.41. The van der Waals surface area contributed by atoms with Crippen LogP contribution in [0.2, 0.25) is 0 Å². The molecule has 2 N–H and O–H groups in total. The van der Waals surface area contributed by atoms with E-state index in [4.69, 9.17) is 4.74 Å². The van der Waals surface area contributed by atoms with Gasteiger partial charge in [0, 0.05) is 18.9 Å². The van der Waals surface area contributed by atoms with Crippen molar-refractivity contribution in [1.29, 1.82) is 0 Å². The molecule has 2 aromatic heterocycles. The molecule has 0 aliphatic rings. The third-order valence-electron chi connectivity index (χ3n) is 4.91. The Morgan fingerprint density at radius 3 is 2.67 bits per heavy atom. The van der Waals surface area contributed by atoms with Gasteiger partial charge in [-0.1, -0.05) is 42.5 Å². The SMILES string of the molecule is COc1ccc(C)cc1NC(=O)C(NCc1cn2ccccc2n1)c1ccccc1. The zero-order chi connectivity index (χ0) is 20.9. The monoisotopic (exact) mass is 400 g/mol. The number of aryl methyl sites for hydroxylation is 1. The standard InChI is InChI=1S/C24H24N4O2/c1-17-11-12-21(30-2)20(14-17)27-24(29)23(18-8-4-3-5-9-18)25-15-19-16-28-13-7-6-10-22(28)26-19/h3-14,16,23,25H,15H2,1-2H3,(H,27,29). The van der Waals surface area contributed by atoms with Crippen LogP contribution in [-0.2, 0) is 11.3 Å². The molecule has 6 nitrogen and oxygen atoms in total. The van der Waals surface area contributed by atoms with Gasteiger partial charge in [0.25, 0.3) is 0 Å². The topological polar surface area (TPSA) is 67.7 Å². The molecule has 0 fully saturated rings. The Morgan fingerprint density at radius 2 is 1.90 bits per heavy atom. The summed E-state index contributed by atoms with van der Waals surface area (Å²) in [4.78, 5) is 17.8. The summed E-state index contributed by atoms with van der Waals surface area (Å²) in [6.45, 7) is 2.44. The fourth-order valence-electron chi connectivity index (χ4n) is 3.41. The van der Waals surface area contributed by atoms with Crippen LogP contribution in [0, 0.1) is 6.92 Å². The molecule has 30 heavy (non-hydrogen) atoms. The Morgan fingerprint density at radius 1 is 1.10 bits per heavy atom. The van der Waals surface area contributed by atoms with Crippen LogP contribution < -0.4 is 15.4 Å². The second-order valence-corrected chi connectivity index (χ2v) is 7.12. The number of imidazole rings is 1. The minimum atomic E-state index is -0.541. The van der Waals surface area contributed by atoms with Gasteiger partial charge in [-0.15, -0.1) is 0 Å². The summed E-state index contributed by atoms with van der Waals surface area (Å²) in [5, 5.41) is 6.37. The molecule has 152 valence electrons. The molecule has 1 amide bonds. The summed E-state index contributed by atoms with van der Waals surface area (Å²) in [6, 6.07) is 20.7. The average molecular weight is 400 g/mol. The predicted molar refractivity (Wildman–Crippen MR) is 118 cm³/mol. The highest BCUT2D eigenvalue weighted by atomic mass is 16.5. The van der Waals surface area contributed by atoms with Gasteiger partial charge in [0.2, 0.25) is 5.91 Å². The first kappa shape index (κ1) is 19.7. The van der Waals surface area contributed by atoms with Gasteiger partial charge in [0.05, 0.1) is 18.5 Å². The Balaban J connectivity index is 1.57. The van der Waals surface area contributed by atoms with E-state index in [9.17, 15) is 4.79 Å². The van der Waals surface area contributed by atoms with Gasteiger partial charge in [0.1, 0.15) is 17.4 Å². The van der Waals surface area contributed by atoms with Crippen LogP contribution in [0.1, 0.15) is 22.9 Å². The second kappa shape index (κ2) is 8.80. The highest BCUT2D eigenvalue weighted by Gasteiger charge is 2.22. The summed E-state index contributed by atoms with van der Waals surface area (Å²) < 4.78 is 7.37. The second-order valence-electron chi connectivity index (χ2n) is 7.12. The van der Waals surface area contributed by atoms with E-state index in [1.165, 1.54) is 0 Å². The number of methoxy groups -OCH3 is 1. The van der Waals surface area contributed by atoms with Crippen LogP contribution in [0.5, 0.6) is 5.75 Å². The van der Waals surface area contributed by atoms with E-state index < -0.39 is 6.04 Å². The lowest BCUT2D eigenvalue weighted by atomic mass is 10.1. The largest absolute Gasteiger partial charge is 0.495 e. The lowest BCUT2D eigenvalue weighted by Crippen LogP contribution is -2.33. The van der Waals surface area contributed by atoms with Crippen LogP contribution in [0.4, 0.5) is 5.69 Å². The van der Waals surface area contributed by atoms with Gasteiger partial charge in [-0.25, -0.2) is 4.98 Å². The summed E-state index contributed by atoms with van der Waals surface area (Å²) in [5.41, 5.74) is 4.31. The number of amides is 1. The maximum absolute atomic E-state index is 13.2. The molecule has 1 atom stereocenters. The lowest BCUT2D eigenvalue weighted by molar-refractivity contribution is -0.118. The molecule has 4 aromatic rings. The number of anilines is 1. The Kier molecular flexibility index (Phi) is 5.77. The van der Waals surface area contributed by atoms with E-state index in [0.29, 0.717) is 18.0 Å². The van der Waals surface area contributed by atoms with Crippen molar-refractivity contribution in [3.8, 4) is 5.75 Å². The van der Waals surface area contributed by atoms with Crippen molar-refractivity contribution in [2.75, 3.05) is 12.4 Å². The molecule has 0 aliphatic carbocycles. The number of aromatic nitrogens is 2. The molecule has 0 radical (unpaired) electrons. The number of benzene rings is 2. The van der Waals surface area contributed by atoms with Crippen LogP contribution >= 0.6 is 0 Å². The van der Waals surface area contributed by atoms with Gasteiger partial charge >= 0.3 is 0 Å². The Hall–Kier alpha value is -3.64. The molecule has 0 saturated carbocycles. The van der Waals surface area contributed by atoms with Crippen molar-refractivity contribution in [2.45, 2.75) is 19.5 Å². The molecule has 1 unspecified atom stereocenters. The summed E-state index contributed by atoms with van der Waals surface area (Å²) in [5.74, 6) is 0.468. The van der Waals surface area contributed by atoms with Gasteiger partial charge in [-0.3, -0.25) is 10.1 Å². The molecule has 0 spiro atoms. The number of fused-ring (bicyclic) bond motifs is 1. The molecular weight excluding hydrogens is 376 g/mol. The van der Waals surface area contributed by atoms with Crippen molar-refractivity contribution in [1.82, 2.24) is 14.7 Å². The van der Waals surface area contributed by atoms with Crippen LogP contribution in [0.25, 0.3) is 5.65 Å². The number of hydrogen-bond donors (Lipinski definition) is 2. The predicted octanol–water partition coefficient (Wildman–Crippen LogP) is 4.12. The van der Waals surface area contributed by atoms with E-state index in [-0.39, 0.29) is 5.91 Å². The number of ether oxygens (including phenoxy) is 1. The Labute approximate surface area is 175 Å². The number of nitrogens with zero attached hydrogens (tertiary/aromatic N) is 2. The van der Waals surface area contributed by atoms with Crippen molar-refractivity contribution < 1.29 is 9.53 Å². The highest BCUT2D eigenvalue weighted by Crippen LogP contribution is 2.27. The third kappa shape index (κ3) is 4.34. The number of carbonyl (C=O) groups excluding carboxylic acids is 1. The van der Waals surface area contributed by atoms with Gasteiger partial charge < -0.3 is 14.5 Å². The number of rotatable bonds is 7. The van der Waals surface area contributed by atoms with Crippen molar-refractivity contribution in [3.63, 3.8) is 0 Å². The normalized spacial score (nSPS) is 11.9. The first-order valence-electron chi connectivity index (χ1n) is 9.80. The molecule has 0 saturated heterocycles. The zero-order valence-electron chi connectivity index (χ0n) is 17.0. The van der Waals surface area contributed by atoms with E-state index in [1.54, 1.807) is 7.11 Å². The van der Waals surface area contributed by atoms with Crippen molar-refractivity contribution in [3.05, 3.63) is 95.9 Å². The van der Waals surface area contributed by atoms with E-state index >= 15 is 0 Å². The molecular formula is C24H24N4O2. The fraction of sp³-hybridized carbons (Fsp3) is 0.167. The highest BCUT2D eigenvalue weighted by molar-refractivity contribution is 5.96. The molecule has 0 bridgehead atoms. The lowest BCUT2D eigenvalue weighted by Gasteiger charge is -2.19. The number of nitrogens with one attached hydrogen (secondary N) is 2. The Bertz CT molecular complexity index is 1120. The van der Waals surface area contributed by atoms with Crippen LogP contribution in [0.15, 0.2) is 79.1 Å². The summed E-state index contributed by atoms with van der Waals surface area (Å²) in [6.07, 6.45) is 3.92. The molecule has 2 aromatic carbocycles. The minimum absolute atomic E-state index is 0.158. The van der Waals surface area contributed by atoms with Gasteiger partial charge in [0.15, 0.2) is 0 Å². The van der Waals surface area contributed by atoms with Crippen LogP contribution in [-0.4, -0.2) is 22.4 Å². The number of hydrogen-bond acceptors (Lipinski definition) is 4. The van der Waals surface area contributed by atoms with Crippen molar-refractivity contribution in [2.24, 2.45) is 0 Å². The first-order valence-corrected chi connectivity index (χ1v) is 9.80. The third-order valence-corrected chi connectivity index (χ3v) is 4.91. The maximum Gasteiger partial charge on any atom is 0.246 e. The van der Waals surface area contributed by atoms with E-state index in [0.717, 1.165) is 22.5 Å². The van der Waals surface area contributed by atoms with E-state index in [1.807, 2.05) is 90.4 Å². The average Bonchev–Trinajstić information content (AvgIpc) is 3.18. The van der Waals surface area contributed by atoms with Crippen LogP contribution in [0.3, 0.4) is 0 Å². The van der Waals surface area contributed by atoms with Gasteiger partial charge in [-0.2, -0.15) is 0 Å². The van der Waals surface area contributed by atoms with Crippen molar-refractivity contribution >= 4 is 17.2 Å². The quantitative estimate of drug-likeness (QED) is 0.490. The molecule has 6 heteroatoms. The zero-order valence-corrected chi connectivity index (χ0v) is 17.0. The summed E-state index contributed by atoms with van der Waals surface area (Å²) in [7, 11) is 1.59. The molecule has 2 heterocycles. The maximum atomic E-state index is 13.2.